The Morgan fingerprint density at radius 3 is 1.57 bits per heavy atom. The molecule has 0 amide bonds. The van der Waals surface area contributed by atoms with E-state index in [9.17, 15) is 0 Å². The Labute approximate surface area is 90.0 Å². The first kappa shape index (κ1) is 18.5. The lowest BCUT2D eigenvalue weighted by atomic mass is 10.1. The lowest BCUT2D eigenvalue weighted by molar-refractivity contribution is 1.50. The fourth-order valence-electron chi connectivity index (χ4n) is 0.811. The quantitative estimate of drug-likeness (QED) is 0.545. The highest BCUT2D eigenvalue weighted by Gasteiger charge is 1.91. The van der Waals surface area contributed by atoms with Gasteiger partial charge < -0.3 is 0 Å². The first-order valence-corrected chi connectivity index (χ1v) is 4.54. The molecule has 0 heteroatoms. The van der Waals surface area contributed by atoms with E-state index in [1.807, 2.05) is 32.9 Å². The number of hydrogen-bond acceptors (Lipinski definition) is 0. The fourth-order valence-corrected chi connectivity index (χ4v) is 0.811. The Bertz CT molecular complexity index is 214. The van der Waals surface area contributed by atoms with Crippen LogP contribution in [0.4, 0.5) is 0 Å². The largest absolute Gasteiger partial charge is 0.0990 e. The first-order chi connectivity index (χ1) is 6.29. The minimum absolute atomic E-state index is 0. The number of allylic oxidation sites excluding steroid dienone is 7. The maximum Gasteiger partial charge on any atom is -0.0194 e. The molecule has 0 radical (unpaired) electrons. The van der Waals surface area contributed by atoms with Gasteiger partial charge in [-0.1, -0.05) is 71.4 Å². The molecule has 0 unspecified atom stereocenters. The molecule has 0 aliphatic carbocycles. The second-order valence-corrected chi connectivity index (χ2v) is 2.01. The molecule has 0 aliphatic heterocycles. The molecule has 0 saturated carbocycles. The van der Waals surface area contributed by atoms with E-state index in [0.717, 1.165) is 11.1 Å². The van der Waals surface area contributed by atoms with Crippen molar-refractivity contribution in [3.63, 3.8) is 0 Å². The molecule has 0 nitrogen and oxygen atoms in total. The van der Waals surface area contributed by atoms with Crippen molar-refractivity contribution >= 4 is 0 Å². The second-order valence-electron chi connectivity index (χ2n) is 2.01. The van der Waals surface area contributed by atoms with E-state index in [1.54, 1.807) is 18.2 Å². The van der Waals surface area contributed by atoms with Crippen LogP contribution in [0.2, 0.25) is 0 Å². The van der Waals surface area contributed by atoms with Gasteiger partial charge in [-0.15, -0.1) is 0 Å². The molecule has 0 fully saturated rings. The van der Waals surface area contributed by atoms with Crippen molar-refractivity contribution in [2.24, 2.45) is 0 Å². The van der Waals surface area contributed by atoms with Gasteiger partial charge in [-0.05, 0) is 18.1 Å². The molecule has 0 aliphatic rings. The fraction of sp³-hybridized carbons (Fsp3) is 0.286. The van der Waals surface area contributed by atoms with Crippen LogP contribution in [0.3, 0.4) is 0 Å². The van der Waals surface area contributed by atoms with Crippen LogP contribution in [0.25, 0.3) is 0 Å². The zero-order valence-electron chi connectivity index (χ0n) is 9.01. The minimum atomic E-state index is 0. The zero-order valence-corrected chi connectivity index (χ0v) is 9.01. The summed E-state index contributed by atoms with van der Waals surface area (Å²) in [4.78, 5) is 0. The smallest absolute Gasteiger partial charge is 0.0194 e. The summed E-state index contributed by atoms with van der Waals surface area (Å²) in [5.41, 5.74) is 2.14. The van der Waals surface area contributed by atoms with Crippen LogP contribution in [0.15, 0.2) is 61.3 Å². The van der Waals surface area contributed by atoms with Crippen molar-refractivity contribution in [1.29, 1.82) is 0 Å². The summed E-state index contributed by atoms with van der Waals surface area (Å²) < 4.78 is 0. The Kier molecular flexibility index (Phi) is 18.8. The summed E-state index contributed by atoms with van der Waals surface area (Å²) in [7, 11) is 0. The van der Waals surface area contributed by atoms with Gasteiger partial charge in [0.25, 0.3) is 0 Å². The van der Waals surface area contributed by atoms with Crippen molar-refractivity contribution in [3.8, 4) is 0 Å². The molecule has 0 saturated heterocycles. The third kappa shape index (κ3) is 7.35. The average Bonchev–Trinajstić information content (AvgIpc) is 2.21. The Morgan fingerprint density at radius 1 is 0.929 bits per heavy atom. The molecular formula is C14H24. The third-order valence-corrected chi connectivity index (χ3v) is 1.38. The Hall–Kier alpha value is -1.30. The average molecular weight is 192 g/mol. The standard InChI is InChI=1S/C11H14.C2H6.CH4/c1-5-9-11(8-4)10(6-2)7-3;1-2;/h5-9H,1-2,4H2,3H3;1-2H3;1H4/b10-7-,11-9-;;. The van der Waals surface area contributed by atoms with Crippen LogP contribution in [0, 0.1) is 0 Å². The van der Waals surface area contributed by atoms with Crippen molar-refractivity contribution in [3.05, 3.63) is 61.3 Å². The molecule has 0 heterocycles. The molecular weight excluding hydrogens is 168 g/mol. The van der Waals surface area contributed by atoms with Gasteiger partial charge in [-0.2, -0.15) is 0 Å². The normalized spacial score (nSPS) is 10.2. The second kappa shape index (κ2) is 14.2. The van der Waals surface area contributed by atoms with Crippen molar-refractivity contribution in [2.75, 3.05) is 0 Å². The maximum atomic E-state index is 3.69. The summed E-state index contributed by atoms with van der Waals surface area (Å²) in [6.07, 6.45) is 9.23. The first-order valence-electron chi connectivity index (χ1n) is 4.54. The minimum Gasteiger partial charge on any atom is -0.0990 e. The van der Waals surface area contributed by atoms with Crippen LogP contribution in [-0.2, 0) is 0 Å². The summed E-state index contributed by atoms with van der Waals surface area (Å²) in [6.45, 7) is 17.0. The highest BCUT2D eigenvalue weighted by Crippen LogP contribution is 2.11. The molecule has 80 valence electrons. The lowest BCUT2D eigenvalue weighted by Gasteiger charge is -1.99. The zero-order chi connectivity index (χ0) is 10.7. The molecule has 0 aromatic heterocycles. The topological polar surface area (TPSA) is 0 Å². The van der Waals surface area contributed by atoms with Crippen LogP contribution in [-0.4, -0.2) is 0 Å². The molecule has 0 bridgehead atoms. The monoisotopic (exact) mass is 192 g/mol. The van der Waals surface area contributed by atoms with Gasteiger partial charge >= 0.3 is 0 Å². The SMILES string of the molecule is C.C=C/C=C(C=C)\C(C=C)=C/C.CC. The third-order valence-electron chi connectivity index (χ3n) is 1.38. The molecule has 0 spiro atoms. The van der Waals surface area contributed by atoms with Crippen molar-refractivity contribution in [1.82, 2.24) is 0 Å². The van der Waals surface area contributed by atoms with Crippen molar-refractivity contribution in [2.45, 2.75) is 28.2 Å². The van der Waals surface area contributed by atoms with Gasteiger partial charge in [0, 0.05) is 0 Å². The van der Waals surface area contributed by atoms with Crippen LogP contribution in [0.5, 0.6) is 0 Å². The number of rotatable bonds is 4. The molecule has 0 aromatic rings. The maximum absolute atomic E-state index is 3.69. The van der Waals surface area contributed by atoms with E-state index < -0.39 is 0 Å². The van der Waals surface area contributed by atoms with E-state index in [2.05, 4.69) is 19.7 Å². The van der Waals surface area contributed by atoms with E-state index in [-0.39, 0.29) is 7.43 Å². The molecule has 0 atom stereocenters. The predicted molar refractivity (Wildman–Crippen MR) is 70.5 cm³/mol. The van der Waals surface area contributed by atoms with Gasteiger partial charge in [0.1, 0.15) is 0 Å². The molecule has 14 heavy (non-hydrogen) atoms. The van der Waals surface area contributed by atoms with Crippen LogP contribution in [0.1, 0.15) is 28.2 Å². The predicted octanol–water partition coefficient (Wildman–Crippen LogP) is 5.08. The molecule has 0 N–H and O–H groups in total. The molecule has 0 rings (SSSR count). The van der Waals surface area contributed by atoms with Gasteiger partial charge in [0.15, 0.2) is 0 Å². The highest BCUT2D eigenvalue weighted by atomic mass is 14.0. The summed E-state index contributed by atoms with van der Waals surface area (Å²) in [6, 6.07) is 0. The van der Waals surface area contributed by atoms with Gasteiger partial charge in [0.05, 0.1) is 0 Å². The lowest BCUT2D eigenvalue weighted by Crippen LogP contribution is -1.79. The number of hydrogen-bond donors (Lipinski definition) is 0. The molecule has 0 aromatic carbocycles. The van der Waals surface area contributed by atoms with E-state index >= 15 is 0 Å². The van der Waals surface area contributed by atoms with E-state index in [1.165, 1.54) is 0 Å². The van der Waals surface area contributed by atoms with Crippen molar-refractivity contribution < 1.29 is 0 Å². The highest BCUT2D eigenvalue weighted by molar-refractivity contribution is 5.46. The van der Waals surface area contributed by atoms with Crippen LogP contribution < -0.4 is 0 Å². The van der Waals surface area contributed by atoms with Crippen LogP contribution >= 0.6 is 0 Å². The van der Waals surface area contributed by atoms with Gasteiger partial charge in [0.2, 0.25) is 0 Å². The Balaban J connectivity index is -0.000000376. The summed E-state index contributed by atoms with van der Waals surface area (Å²) in [5, 5.41) is 0. The summed E-state index contributed by atoms with van der Waals surface area (Å²) >= 11 is 0. The van der Waals surface area contributed by atoms with Gasteiger partial charge in [-0.3, -0.25) is 0 Å². The van der Waals surface area contributed by atoms with E-state index in [4.69, 9.17) is 0 Å². The van der Waals surface area contributed by atoms with E-state index in [0.29, 0.717) is 0 Å². The summed E-state index contributed by atoms with van der Waals surface area (Å²) in [5.74, 6) is 0. The Morgan fingerprint density at radius 2 is 1.36 bits per heavy atom. The van der Waals surface area contributed by atoms with Gasteiger partial charge in [-0.25, -0.2) is 0 Å².